The van der Waals surface area contributed by atoms with Crippen molar-refractivity contribution in [2.24, 2.45) is 5.92 Å². The number of anilines is 1. The SMILES string of the molecule is Cc1nc(C(C)(C)NC(=O)c2ccc(N3CCC34COC4)c(OCC3CC3)n2)no1. The van der Waals surface area contributed by atoms with Crippen LogP contribution in [-0.4, -0.2) is 52.9 Å². The van der Waals surface area contributed by atoms with Gasteiger partial charge in [-0.2, -0.15) is 4.98 Å². The predicted molar refractivity (Wildman–Crippen MR) is 107 cm³/mol. The fourth-order valence-corrected chi connectivity index (χ4v) is 3.86. The summed E-state index contributed by atoms with van der Waals surface area (Å²) >= 11 is 0. The monoisotopic (exact) mass is 413 g/mol. The first-order valence-electron chi connectivity index (χ1n) is 10.5. The molecule has 3 aliphatic rings. The number of carbonyl (C=O) groups excluding carboxylic acids is 1. The zero-order valence-corrected chi connectivity index (χ0v) is 17.6. The molecule has 2 aliphatic heterocycles. The molecule has 1 spiro atoms. The minimum atomic E-state index is -0.797. The second-order valence-electron chi connectivity index (χ2n) is 9.11. The topological polar surface area (TPSA) is 103 Å². The molecule has 1 aliphatic carbocycles. The summed E-state index contributed by atoms with van der Waals surface area (Å²) in [5.74, 6) is 1.68. The van der Waals surface area contributed by atoms with E-state index in [1.807, 2.05) is 19.9 Å². The smallest absolute Gasteiger partial charge is 0.270 e. The molecule has 0 aromatic carbocycles. The molecule has 3 fully saturated rings. The fraction of sp³-hybridized carbons (Fsp3) is 0.619. The molecule has 1 saturated carbocycles. The molecule has 4 heterocycles. The minimum absolute atomic E-state index is 0.0711. The van der Waals surface area contributed by atoms with Gasteiger partial charge in [0.1, 0.15) is 11.4 Å². The van der Waals surface area contributed by atoms with Gasteiger partial charge >= 0.3 is 0 Å². The van der Waals surface area contributed by atoms with Crippen molar-refractivity contribution in [1.82, 2.24) is 20.4 Å². The Labute approximate surface area is 175 Å². The van der Waals surface area contributed by atoms with Gasteiger partial charge in [-0.1, -0.05) is 5.16 Å². The molecule has 2 aromatic rings. The van der Waals surface area contributed by atoms with Gasteiger partial charge in [-0.05, 0) is 51.2 Å². The zero-order chi connectivity index (χ0) is 20.9. The van der Waals surface area contributed by atoms with Crippen LogP contribution in [0, 0.1) is 12.8 Å². The molecule has 0 atom stereocenters. The second-order valence-corrected chi connectivity index (χ2v) is 9.11. The Morgan fingerprint density at radius 3 is 2.70 bits per heavy atom. The van der Waals surface area contributed by atoms with Crippen LogP contribution in [0.3, 0.4) is 0 Å². The Morgan fingerprint density at radius 1 is 1.33 bits per heavy atom. The Balaban J connectivity index is 1.38. The maximum Gasteiger partial charge on any atom is 0.270 e. The van der Waals surface area contributed by atoms with Gasteiger partial charge in [-0.3, -0.25) is 4.79 Å². The first kappa shape index (κ1) is 19.3. The standard InChI is InChI=1S/C21H27N5O4/c1-13-22-19(25-30-13)20(2,3)24-17(27)15-6-7-16(18(23-15)29-10-14-4-5-14)26-9-8-21(26)11-28-12-21/h6-7,14H,4-5,8-12H2,1-3H3,(H,24,27). The molecule has 1 N–H and O–H groups in total. The van der Waals surface area contributed by atoms with Crippen LogP contribution in [-0.2, 0) is 10.3 Å². The van der Waals surface area contributed by atoms with E-state index < -0.39 is 5.54 Å². The number of aryl methyl sites for hydroxylation is 1. The average molecular weight is 413 g/mol. The molecule has 2 saturated heterocycles. The highest BCUT2D eigenvalue weighted by Crippen LogP contribution is 2.44. The van der Waals surface area contributed by atoms with Crippen molar-refractivity contribution in [3.63, 3.8) is 0 Å². The summed E-state index contributed by atoms with van der Waals surface area (Å²) in [4.78, 5) is 24.1. The highest BCUT2D eigenvalue weighted by molar-refractivity contribution is 5.93. The van der Waals surface area contributed by atoms with Crippen LogP contribution in [0.5, 0.6) is 5.88 Å². The molecule has 9 nitrogen and oxygen atoms in total. The summed E-state index contributed by atoms with van der Waals surface area (Å²) in [7, 11) is 0. The van der Waals surface area contributed by atoms with Gasteiger partial charge in [0.05, 0.1) is 30.9 Å². The highest BCUT2D eigenvalue weighted by Gasteiger charge is 2.51. The first-order valence-corrected chi connectivity index (χ1v) is 10.5. The van der Waals surface area contributed by atoms with Crippen molar-refractivity contribution in [2.75, 3.05) is 31.3 Å². The number of pyridine rings is 1. The van der Waals surface area contributed by atoms with Crippen molar-refractivity contribution in [1.29, 1.82) is 0 Å². The third-order valence-electron chi connectivity index (χ3n) is 6.14. The van der Waals surface area contributed by atoms with Gasteiger partial charge in [0.25, 0.3) is 5.91 Å². The van der Waals surface area contributed by atoms with E-state index in [4.69, 9.17) is 14.0 Å². The van der Waals surface area contributed by atoms with E-state index in [0.29, 0.717) is 35.8 Å². The van der Waals surface area contributed by atoms with Crippen molar-refractivity contribution in [3.05, 3.63) is 29.5 Å². The normalized spacial score (nSPS) is 19.9. The van der Waals surface area contributed by atoms with Gasteiger partial charge in [-0.15, -0.1) is 0 Å². The molecular weight excluding hydrogens is 386 g/mol. The molecule has 160 valence electrons. The molecule has 1 amide bonds. The summed E-state index contributed by atoms with van der Waals surface area (Å²) in [5.41, 5.74) is 0.517. The van der Waals surface area contributed by atoms with Crippen LogP contribution in [0.2, 0.25) is 0 Å². The van der Waals surface area contributed by atoms with E-state index in [9.17, 15) is 4.79 Å². The van der Waals surface area contributed by atoms with E-state index in [1.54, 1.807) is 13.0 Å². The number of aromatic nitrogens is 3. The third-order valence-corrected chi connectivity index (χ3v) is 6.14. The summed E-state index contributed by atoms with van der Waals surface area (Å²) in [6, 6.07) is 3.69. The van der Waals surface area contributed by atoms with Crippen molar-refractivity contribution in [3.8, 4) is 5.88 Å². The molecule has 0 unspecified atom stereocenters. The number of nitrogens with one attached hydrogen (secondary N) is 1. The van der Waals surface area contributed by atoms with E-state index >= 15 is 0 Å². The lowest BCUT2D eigenvalue weighted by Gasteiger charge is -2.58. The lowest BCUT2D eigenvalue weighted by molar-refractivity contribution is -0.0849. The molecular formula is C21H27N5O4. The molecule has 30 heavy (non-hydrogen) atoms. The van der Waals surface area contributed by atoms with Crippen molar-refractivity contribution >= 4 is 11.6 Å². The minimum Gasteiger partial charge on any atom is -0.476 e. The molecule has 0 radical (unpaired) electrons. The van der Waals surface area contributed by atoms with E-state index in [1.165, 1.54) is 12.8 Å². The Bertz CT molecular complexity index is 959. The maximum atomic E-state index is 13.0. The van der Waals surface area contributed by atoms with Crippen molar-refractivity contribution in [2.45, 2.75) is 51.1 Å². The van der Waals surface area contributed by atoms with Crippen LogP contribution in [0.4, 0.5) is 5.69 Å². The van der Waals surface area contributed by atoms with E-state index in [-0.39, 0.29) is 11.4 Å². The lowest BCUT2D eigenvalue weighted by Crippen LogP contribution is -2.71. The van der Waals surface area contributed by atoms with Gasteiger partial charge < -0.3 is 24.2 Å². The lowest BCUT2D eigenvalue weighted by atomic mass is 9.82. The van der Waals surface area contributed by atoms with Gasteiger partial charge in [0.2, 0.25) is 11.8 Å². The quantitative estimate of drug-likeness (QED) is 0.737. The summed E-state index contributed by atoms with van der Waals surface area (Å²) in [6.45, 7) is 8.42. The molecule has 2 aromatic heterocycles. The van der Waals surface area contributed by atoms with E-state index in [0.717, 1.165) is 31.9 Å². The van der Waals surface area contributed by atoms with Gasteiger partial charge in [0, 0.05) is 13.5 Å². The maximum absolute atomic E-state index is 13.0. The number of amides is 1. The molecule has 9 heteroatoms. The van der Waals surface area contributed by atoms with E-state index in [2.05, 4.69) is 25.3 Å². The number of ether oxygens (including phenoxy) is 2. The number of carbonyl (C=O) groups is 1. The van der Waals surface area contributed by atoms with Crippen LogP contribution < -0.4 is 15.0 Å². The van der Waals surface area contributed by atoms with Crippen molar-refractivity contribution < 1.29 is 18.8 Å². The Hall–Kier alpha value is -2.68. The zero-order valence-electron chi connectivity index (χ0n) is 17.6. The Kier molecular flexibility index (Phi) is 4.46. The van der Waals surface area contributed by atoms with Crippen LogP contribution in [0.25, 0.3) is 0 Å². The number of hydrogen-bond acceptors (Lipinski definition) is 8. The van der Waals surface area contributed by atoms with Gasteiger partial charge in [-0.25, -0.2) is 4.98 Å². The van der Waals surface area contributed by atoms with Crippen LogP contribution in [0.15, 0.2) is 16.7 Å². The number of hydrogen-bond donors (Lipinski definition) is 1. The summed E-state index contributed by atoms with van der Waals surface area (Å²) in [6.07, 6.45) is 3.49. The molecule has 5 rings (SSSR count). The van der Waals surface area contributed by atoms with Crippen LogP contribution in [0.1, 0.15) is 55.3 Å². The summed E-state index contributed by atoms with van der Waals surface area (Å²) < 4.78 is 16.6. The fourth-order valence-electron chi connectivity index (χ4n) is 3.86. The summed E-state index contributed by atoms with van der Waals surface area (Å²) in [5, 5.41) is 6.88. The number of rotatable bonds is 7. The second kappa shape index (κ2) is 6.94. The Morgan fingerprint density at radius 2 is 2.13 bits per heavy atom. The average Bonchev–Trinajstić information content (AvgIpc) is 3.36. The number of nitrogens with zero attached hydrogens (tertiary/aromatic N) is 4. The predicted octanol–water partition coefficient (Wildman–Crippen LogP) is 2.21. The largest absolute Gasteiger partial charge is 0.476 e. The molecule has 0 bridgehead atoms. The van der Waals surface area contributed by atoms with Gasteiger partial charge in [0.15, 0.2) is 5.82 Å². The first-order chi connectivity index (χ1) is 14.4. The third kappa shape index (κ3) is 3.40. The highest BCUT2D eigenvalue weighted by atomic mass is 16.5. The van der Waals surface area contributed by atoms with Crippen LogP contribution >= 0.6 is 0 Å².